The van der Waals surface area contributed by atoms with Gasteiger partial charge in [-0.25, -0.2) is 13.1 Å². The second-order valence-electron chi connectivity index (χ2n) is 3.68. The summed E-state index contributed by atoms with van der Waals surface area (Å²) >= 11 is 0. The molecule has 0 bridgehead atoms. The molecule has 0 aliphatic carbocycles. The van der Waals surface area contributed by atoms with Crippen molar-refractivity contribution in [1.82, 2.24) is 10.0 Å². The number of non-ortho nitro benzene ring substituents is 1. The summed E-state index contributed by atoms with van der Waals surface area (Å²) in [5.41, 5.74) is 0.455. The number of nitrogens with one attached hydrogen (secondary N) is 2. The van der Waals surface area contributed by atoms with Gasteiger partial charge in [-0.3, -0.25) is 10.1 Å². The number of halogens is 1. The zero-order chi connectivity index (χ0) is 13.6. The molecule has 0 amide bonds. The molecule has 1 aromatic carbocycles. The Bertz CT molecular complexity index is 504. The molecule has 108 valence electrons. The summed E-state index contributed by atoms with van der Waals surface area (Å²) in [6, 6.07) is 5.46. The van der Waals surface area contributed by atoms with Crippen LogP contribution >= 0.6 is 12.4 Å². The molecule has 0 aliphatic rings. The number of nitro groups is 1. The summed E-state index contributed by atoms with van der Waals surface area (Å²) < 4.78 is 25.7. The highest BCUT2D eigenvalue weighted by Crippen LogP contribution is 2.13. The van der Waals surface area contributed by atoms with Crippen LogP contribution in [-0.2, 0) is 15.8 Å². The average Bonchev–Trinajstić information content (AvgIpc) is 2.29. The molecule has 0 saturated carbocycles. The van der Waals surface area contributed by atoms with Gasteiger partial charge in [-0.15, -0.1) is 12.4 Å². The Balaban J connectivity index is 0.00000324. The smallest absolute Gasteiger partial charge is 0.269 e. The summed E-state index contributed by atoms with van der Waals surface area (Å²) in [5.74, 6) is -0.186. The second kappa shape index (κ2) is 8.05. The van der Waals surface area contributed by atoms with E-state index in [1.165, 1.54) is 24.3 Å². The first-order chi connectivity index (χ1) is 8.44. The normalized spacial score (nSPS) is 10.8. The van der Waals surface area contributed by atoms with E-state index in [-0.39, 0.29) is 23.8 Å². The number of nitro benzene ring substituents is 1. The summed E-state index contributed by atoms with van der Waals surface area (Å²) in [6.07, 6.45) is 0. The molecule has 0 aromatic heterocycles. The van der Waals surface area contributed by atoms with Crippen molar-refractivity contribution in [3.8, 4) is 0 Å². The second-order valence-corrected chi connectivity index (χ2v) is 5.49. The van der Waals surface area contributed by atoms with Gasteiger partial charge in [0.05, 0.1) is 10.7 Å². The summed E-state index contributed by atoms with van der Waals surface area (Å²) in [7, 11) is -1.67. The lowest BCUT2D eigenvalue weighted by atomic mass is 10.2. The molecule has 0 saturated heterocycles. The first-order valence-electron chi connectivity index (χ1n) is 5.30. The van der Waals surface area contributed by atoms with Crippen molar-refractivity contribution in [3.05, 3.63) is 39.9 Å². The molecule has 19 heavy (non-hydrogen) atoms. The number of nitrogens with zero attached hydrogens (tertiary/aromatic N) is 1. The lowest BCUT2D eigenvalue weighted by molar-refractivity contribution is -0.384. The SMILES string of the molecule is CNCCNS(=O)(=O)Cc1ccc([N+](=O)[O-])cc1.Cl. The summed E-state index contributed by atoms with van der Waals surface area (Å²) in [6.45, 7) is 0.852. The van der Waals surface area contributed by atoms with Crippen molar-refractivity contribution in [1.29, 1.82) is 0 Å². The van der Waals surface area contributed by atoms with Crippen LogP contribution in [0.2, 0.25) is 0 Å². The third-order valence-electron chi connectivity index (χ3n) is 2.20. The highest BCUT2D eigenvalue weighted by Gasteiger charge is 2.12. The van der Waals surface area contributed by atoms with Crippen molar-refractivity contribution < 1.29 is 13.3 Å². The van der Waals surface area contributed by atoms with E-state index in [1.807, 2.05) is 0 Å². The molecule has 1 aromatic rings. The van der Waals surface area contributed by atoms with E-state index in [0.29, 0.717) is 18.7 Å². The van der Waals surface area contributed by atoms with E-state index in [2.05, 4.69) is 10.0 Å². The topological polar surface area (TPSA) is 101 Å². The van der Waals surface area contributed by atoms with Crippen LogP contribution in [0, 0.1) is 10.1 Å². The Labute approximate surface area is 118 Å². The zero-order valence-electron chi connectivity index (χ0n) is 10.3. The van der Waals surface area contributed by atoms with Crippen LogP contribution in [0.25, 0.3) is 0 Å². The van der Waals surface area contributed by atoms with Gasteiger partial charge in [-0.1, -0.05) is 12.1 Å². The molecule has 0 aliphatic heterocycles. The predicted molar refractivity (Wildman–Crippen MR) is 74.9 cm³/mol. The van der Waals surface area contributed by atoms with Gasteiger partial charge in [0, 0.05) is 25.2 Å². The first kappa shape index (κ1) is 17.8. The summed E-state index contributed by atoms with van der Waals surface area (Å²) in [4.78, 5) is 9.92. The van der Waals surface area contributed by atoms with Crippen LogP contribution in [0.4, 0.5) is 5.69 Å². The lowest BCUT2D eigenvalue weighted by Crippen LogP contribution is -2.31. The highest BCUT2D eigenvalue weighted by molar-refractivity contribution is 7.88. The standard InChI is InChI=1S/C10H15N3O4S.ClH/c1-11-6-7-12-18(16,17)8-9-2-4-10(5-3-9)13(14)15;/h2-5,11-12H,6-8H2,1H3;1H. The molecule has 1 rings (SSSR count). The number of likely N-dealkylation sites (N-methyl/N-ethyl adjacent to an activating group) is 1. The van der Waals surface area contributed by atoms with Crippen molar-refractivity contribution in [3.63, 3.8) is 0 Å². The van der Waals surface area contributed by atoms with Crippen LogP contribution in [-0.4, -0.2) is 33.5 Å². The molecule has 9 heteroatoms. The number of rotatable bonds is 7. The molecular formula is C10H16ClN3O4S. The van der Waals surface area contributed by atoms with E-state index in [0.717, 1.165) is 0 Å². The third-order valence-corrected chi connectivity index (χ3v) is 3.56. The fourth-order valence-corrected chi connectivity index (χ4v) is 2.46. The molecule has 0 radical (unpaired) electrons. The summed E-state index contributed by atoms with van der Waals surface area (Å²) in [5, 5.41) is 13.3. The van der Waals surface area contributed by atoms with Gasteiger partial charge in [0.25, 0.3) is 5.69 Å². The highest BCUT2D eigenvalue weighted by atomic mass is 35.5. The fourth-order valence-electron chi connectivity index (χ4n) is 1.32. The van der Waals surface area contributed by atoms with E-state index in [1.54, 1.807) is 7.05 Å². The maximum atomic E-state index is 11.6. The van der Waals surface area contributed by atoms with E-state index < -0.39 is 14.9 Å². The predicted octanol–water partition coefficient (Wildman–Crippen LogP) is 0.655. The molecule has 0 heterocycles. The van der Waals surface area contributed by atoms with Gasteiger partial charge < -0.3 is 5.32 Å². The minimum Gasteiger partial charge on any atom is -0.318 e. The van der Waals surface area contributed by atoms with Gasteiger partial charge in [0.1, 0.15) is 0 Å². The molecule has 2 N–H and O–H groups in total. The molecule has 0 spiro atoms. The number of sulfonamides is 1. The Morgan fingerprint density at radius 3 is 2.26 bits per heavy atom. The fraction of sp³-hybridized carbons (Fsp3) is 0.400. The lowest BCUT2D eigenvalue weighted by Gasteiger charge is -2.06. The van der Waals surface area contributed by atoms with E-state index >= 15 is 0 Å². The number of hydrogen-bond acceptors (Lipinski definition) is 5. The molecule has 0 fully saturated rings. The Morgan fingerprint density at radius 1 is 1.21 bits per heavy atom. The number of benzene rings is 1. The van der Waals surface area contributed by atoms with Crippen LogP contribution in [0.3, 0.4) is 0 Å². The van der Waals surface area contributed by atoms with E-state index in [9.17, 15) is 18.5 Å². The first-order valence-corrected chi connectivity index (χ1v) is 6.95. The monoisotopic (exact) mass is 309 g/mol. The van der Waals surface area contributed by atoms with Crippen molar-refractivity contribution in [2.75, 3.05) is 20.1 Å². The van der Waals surface area contributed by atoms with Gasteiger partial charge in [0.15, 0.2) is 0 Å². The Hall–Kier alpha value is -1.22. The van der Waals surface area contributed by atoms with Crippen molar-refractivity contribution in [2.24, 2.45) is 0 Å². The van der Waals surface area contributed by atoms with Gasteiger partial charge in [0.2, 0.25) is 10.0 Å². The van der Waals surface area contributed by atoms with E-state index in [4.69, 9.17) is 0 Å². The maximum Gasteiger partial charge on any atom is 0.269 e. The molecular weight excluding hydrogens is 294 g/mol. The Kier molecular flexibility index (Phi) is 7.53. The average molecular weight is 310 g/mol. The zero-order valence-corrected chi connectivity index (χ0v) is 12.0. The van der Waals surface area contributed by atoms with Crippen molar-refractivity contribution >= 4 is 28.1 Å². The van der Waals surface area contributed by atoms with Crippen LogP contribution < -0.4 is 10.0 Å². The van der Waals surface area contributed by atoms with Crippen molar-refractivity contribution in [2.45, 2.75) is 5.75 Å². The van der Waals surface area contributed by atoms with Crippen LogP contribution in [0.1, 0.15) is 5.56 Å². The van der Waals surface area contributed by atoms with Crippen LogP contribution in [0.5, 0.6) is 0 Å². The minimum atomic E-state index is -3.40. The largest absolute Gasteiger partial charge is 0.318 e. The molecule has 7 nitrogen and oxygen atoms in total. The quantitative estimate of drug-likeness (QED) is 0.437. The third kappa shape index (κ3) is 6.48. The van der Waals surface area contributed by atoms with Gasteiger partial charge in [-0.05, 0) is 12.6 Å². The van der Waals surface area contributed by atoms with Gasteiger partial charge in [-0.2, -0.15) is 0 Å². The minimum absolute atomic E-state index is 0. The maximum absolute atomic E-state index is 11.6. The molecule has 0 atom stereocenters. The van der Waals surface area contributed by atoms with Crippen LogP contribution in [0.15, 0.2) is 24.3 Å². The number of hydrogen-bond donors (Lipinski definition) is 2. The Morgan fingerprint density at radius 2 is 1.79 bits per heavy atom. The van der Waals surface area contributed by atoms with Gasteiger partial charge >= 0.3 is 0 Å². The molecule has 0 unspecified atom stereocenters.